The Hall–Kier alpha value is -1.93. The Labute approximate surface area is 207 Å². The molecule has 0 fully saturated rings. The van der Waals surface area contributed by atoms with Crippen LogP contribution in [0, 0.1) is 0 Å². The molecule has 3 nitrogen and oxygen atoms in total. The molecular formula is C24H13Br3O3S. The Bertz CT molecular complexity index is 1510. The first-order valence-corrected chi connectivity index (χ1v) is 12.5. The van der Waals surface area contributed by atoms with Crippen molar-refractivity contribution < 1.29 is 14.6 Å². The molecule has 0 saturated heterocycles. The summed E-state index contributed by atoms with van der Waals surface area (Å²) in [5.41, 5.74) is 2.00. The number of hydrogen-bond acceptors (Lipinski definition) is 3. The molecule has 0 aliphatic carbocycles. The van der Waals surface area contributed by atoms with Crippen molar-refractivity contribution in [3.63, 3.8) is 0 Å². The summed E-state index contributed by atoms with van der Waals surface area (Å²) in [5, 5.41) is 13.7. The number of fused-ring (bicyclic) bond motifs is 4. The highest BCUT2D eigenvalue weighted by molar-refractivity contribution is 9.11. The number of aliphatic carboxylic acids is 1. The highest BCUT2D eigenvalue weighted by Crippen LogP contribution is 2.47. The van der Waals surface area contributed by atoms with E-state index in [-0.39, 0.29) is 0 Å². The van der Waals surface area contributed by atoms with Crippen LogP contribution in [0.25, 0.3) is 42.1 Å². The molecule has 0 amide bonds. The molecule has 7 heteroatoms. The van der Waals surface area contributed by atoms with Crippen molar-refractivity contribution in [3.05, 3.63) is 74.1 Å². The van der Waals surface area contributed by atoms with Gasteiger partial charge in [0.25, 0.3) is 0 Å². The van der Waals surface area contributed by atoms with Crippen LogP contribution in [-0.2, 0) is 4.79 Å². The summed E-state index contributed by atoms with van der Waals surface area (Å²) in [7, 11) is 0. The molecule has 5 rings (SSSR count). The molecule has 5 aromatic rings. The summed E-state index contributed by atoms with van der Waals surface area (Å²) in [6, 6.07) is 20.6. The molecule has 0 aliphatic rings. The minimum Gasteiger partial charge on any atom is -0.481 e. The van der Waals surface area contributed by atoms with E-state index in [9.17, 15) is 4.79 Å². The van der Waals surface area contributed by atoms with Crippen LogP contribution < -0.4 is 4.74 Å². The first kappa shape index (κ1) is 20.9. The van der Waals surface area contributed by atoms with Gasteiger partial charge in [-0.1, -0.05) is 52.3 Å². The van der Waals surface area contributed by atoms with Crippen molar-refractivity contribution in [2.75, 3.05) is 6.61 Å². The van der Waals surface area contributed by atoms with Gasteiger partial charge in [-0.2, -0.15) is 0 Å². The second-order valence-electron chi connectivity index (χ2n) is 7.01. The zero-order valence-corrected chi connectivity index (χ0v) is 21.4. The minimum absolute atomic E-state index is 0.399. The molecule has 154 valence electrons. The molecule has 1 N–H and O–H groups in total. The second-order valence-corrected chi connectivity index (χ2v) is 10.6. The van der Waals surface area contributed by atoms with Crippen LogP contribution in [0.1, 0.15) is 0 Å². The molecule has 1 aromatic heterocycles. The number of rotatable bonds is 4. The van der Waals surface area contributed by atoms with E-state index in [2.05, 4.69) is 84.2 Å². The Morgan fingerprint density at radius 1 is 0.903 bits per heavy atom. The predicted molar refractivity (Wildman–Crippen MR) is 139 cm³/mol. The van der Waals surface area contributed by atoms with Gasteiger partial charge in [0.15, 0.2) is 6.61 Å². The molecule has 0 radical (unpaired) electrons. The van der Waals surface area contributed by atoms with E-state index in [1.807, 2.05) is 24.3 Å². The van der Waals surface area contributed by atoms with Crippen LogP contribution in [0.5, 0.6) is 5.75 Å². The highest BCUT2D eigenvalue weighted by atomic mass is 79.9. The summed E-state index contributed by atoms with van der Waals surface area (Å²) < 4.78 is 10.6. The van der Waals surface area contributed by atoms with Gasteiger partial charge in [-0.05, 0) is 72.5 Å². The van der Waals surface area contributed by atoms with Crippen molar-refractivity contribution in [2.24, 2.45) is 0 Å². The van der Waals surface area contributed by atoms with Crippen LogP contribution in [0.2, 0.25) is 0 Å². The fourth-order valence-corrected chi connectivity index (χ4v) is 7.08. The first-order chi connectivity index (χ1) is 14.9. The quantitative estimate of drug-likeness (QED) is 0.219. The van der Waals surface area contributed by atoms with E-state index < -0.39 is 12.6 Å². The molecule has 0 aliphatic heterocycles. The van der Waals surface area contributed by atoms with Gasteiger partial charge in [0.2, 0.25) is 0 Å². The summed E-state index contributed by atoms with van der Waals surface area (Å²) in [6.45, 7) is -0.399. The van der Waals surface area contributed by atoms with E-state index in [1.165, 1.54) is 30.9 Å². The van der Waals surface area contributed by atoms with Crippen LogP contribution >= 0.6 is 59.1 Å². The summed E-state index contributed by atoms with van der Waals surface area (Å²) in [6.07, 6.45) is 0. The van der Waals surface area contributed by atoms with Crippen molar-refractivity contribution in [1.82, 2.24) is 0 Å². The lowest BCUT2D eigenvalue weighted by Gasteiger charge is -2.12. The monoisotopic (exact) mass is 618 g/mol. The van der Waals surface area contributed by atoms with Gasteiger partial charge in [-0.15, -0.1) is 11.3 Å². The van der Waals surface area contributed by atoms with E-state index in [4.69, 9.17) is 9.84 Å². The number of carbonyl (C=O) groups is 1. The zero-order valence-electron chi connectivity index (χ0n) is 15.8. The van der Waals surface area contributed by atoms with Crippen molar-refractivity contribution in [1.29, 1.82) is 0 Å². The molecule has 0 saturated carbocycles. The molecule has 0 spiro atoms. The Balaban J connectivity index is 1.81. The molecule has 0 atom stereocenters. The number of benzene rings is 4. The van der Waals surface area contributed by atoms with Crippen LogP contribution in [0.4, 0.5) is 0 Å². The number of hydrogen-bond donors (Lipinski definition) is 1. The van der Waals surface area contributed by atoms with Crippen molar-refractivity contribution in [3.8, 4) is 16.9 Å². The molecule has 31 heavy (non-hydrogen) atoms. The molecule has 4 aromatic carbocycles. The first-order valence-electron chi connectivity index (χ1n) is 9.30. The fraction of sp³-hybridized carbons (Fsp3) is 0.0417. The summed E-state index contributed by atoms with van der Waals surface area (Å²) >= 11 is 12.7. The topological polar surface area (TPSA) is 46.5 Å². The maximum Gasteiger partial charge on any atom is 0.341 e. The van der Waals surface area contributed by atoms with Gasteiger partial charge >= 0.3 is 5.97 Å². The number of carboxylic acid groups (broad SMARTS) is 1. The summed E-state index contributed by atoms with van der Waals surface area (Å²) in [4.78, 5) is 11.0. The Morgan fingerprint density at radius 3 is 2.52 bits per heavy atom. The standard InChI is InChI=1S/C24H13Br3O3S/c25-17-10-18(26)19(30-11-21(28)29)9-15(17)14-6-3-7-20-22(14)16-8-12-4-1-2-5-13(12)23(27)24(16)31-20/h1-10H,11H2,(H,28,29). The van der Waals surface area contributed by atoms with Gasteiger partial charge in [0, 0.05) is 30.0 Å². The van der Waals surface area contributed by atoms with Gasteiger partial charge in [0.05, 0.1) is 9.17 Å². The maximum absolute atomic E-state index is 11.0. The average molecular weight is 621 g/mol. The van der Waals surface area contributed by atoms with E-state index in [0.717, 1.165) is 20.1 Å². The lowest BCUT2D eigenvalue weighted by Crippen LogP contribution is -2.09. The smallest absolute Gasteiger partial charge is 0.341 e. The normalized spacial score (nSPS) is 11.5. The van der Waals surface area contributed by atoms with Crippen molar-refractivity contribution >= 4 is 96.0 Å². The van der Waals surface area contributed by atoms with Crippen LogP contribution in [0.15, 0.2) is 74.1 Å². The fourth-order valence-electron chi connectivity index (χ4n) is 3.78. The molecular weight excluding hydrogens is 608 g/mol. The molecule has 0 unspecified atom stereocenters. The Kier molecular flexibility index (Phi) is 5.54. The average Bonchev–Trinajstić information content (AvgIpc) is 3.12. The third-order valence-electron chi connectivity index (χ3n) is 5.11. The molecule has 0 bridgehead atoms. The third-order valence-corrected chi connectivity index (χ3v) is 8.66. The van der Waals surface area contributed by atoms with Gasteiger partial charge < -0.3 is 9.84 Å². The lowest BCUT2D eigenvalue weighted by atomic mass is 9.98. The number of carboxylic acids is 1. The zero-order chi connectivity index (χ0) is 21.7. The van der Waals surface area contributed by atoms with Crippen LogP contribution in [0.3, 0.4) is 0 Å². The minimum atomic E-state index is -1.01. The van der Waals surface area contributed by atoms with Crippen molar-refractivity contribution in [2.45, 2.75) is 0 Å². The largest absolute Gasteiger partial charge is 0.481 e. The summed E-state index contributed by atoms with van der Waals surface area (Å²) in [5.74, 6) is -0.525. The number of halogens is 3. The lowest BCUT2D eigenvalue weighted by molar-refractivity contribution is -0.139. The highest BCUT2D eigenvalue weighted by Gasteiger charge is 2.18. The van der Waals surface area contributed by atoms with Gasteiger partial charge in [-0.3, -0.25) is 0 Å². The maximum atomic E-state index is 11.0. The molecule has 1 heterocycles. The van der Waals surface area contributed by atoms with Gasteiger partial charge in [-0.25, -0.2) is 4.79 Å². The SMILES string of the molecule is O=C(O)COc1cc(-c2cccc3sc4c(Br)c5ccccc5cc4c23)c(Br)cc1Br. The van der Waals surface area contributed by atoms with Crippen LogP contribution in [-0.4, -0.2) is 17.7 Å². The number of ether oxygens (including phenoxy) is 1. The third kappa shape index (κ3) is 3.67. The number of thiophene rings is 1. The van der Waals surface area contributed by atoms with Gasteiger partial charge in [0.1, 0.15) is 5.75 Å². The second kappa shape index (κ2) is 8.20. The van der Waals surface area contributed by atoms with E-state index >= 15 is 0 Å². The Morgan fingerprint density at radius 2 is 1.71 bits per heavy atom. The van der Waals surface area contributed by atoms with E-state index in [1.54, 1.807) is 11.3 Å². The van der Waals surface area contributed by atoms with E-state index in [0.29, 0.717) is 10.2 Å². The predicted octanol–water partition coefficient (Wildman–Crippen LogP) is 8.63.